The molecule has 0 N–H and O–H groups in total. The largest absolute Gasteiger partial charge is 0.573 e. The van der Waals surface area contributed by atoms with Crippen LogP contribution in [-0.4, -0.2) is 32.2 Å². The highest BCUT2D eigenvalue weighted by Gasteiger charge is 2.32. The van der Waals surface area contributed by atoms with Crippen LogP contribution in [0.15, 0.2) is 41.3 Å². The SMILES string of the molecule is CCc1nc2c(=O)n(Cc3ccccc3OC(F)(F)F)ccc2n1C(=O)OC(C)(C)C. The summed E-state index contributed by atoms with van der Waals surface area (Å²) in [7, 11) is 0. The standard InChI is InChI=1S/C21H22F3N3O4/c1-5-16-25-17-14(27(16)19(29)31-20(2,3)4)10-11-26(18(17)28)12-13-8-6-7-9-15(13)30-21(22,23)24/h6-11H,5,12H2,1-4H3. The van der Waals surface area contributed by atoms with Crippen molar-refractivity contribution < 1.29 is 27.4 Å². The maximum absolute atomic E-state index is 13.0. The van der Waals surface area contributed by atoms with Crippen LogP contribution in [0.4, 0.5) is 18.0 Å². The number of nitrogens with zero attached hydrogens (tertiary/aromatic N) is 3. The van der Waals surface area contributed by atoms with E-state index in [1.54, 1.807) is 33.8 Å². The minimum atomic E-state index is -4.85. The highest BCUT2D eigenvalue weighted by Crippen LogP contribution is 2.27. The van der Waals surface area contributed by atoms with Crippen LogP contribution in [0.25, 0.3) is 11.0 Å². The van der Waals surface area contributed by atoms with Gasteiger partial charge in [0.2, 0.25) is 0 Å². The maximum Gasteiger partial charge on any atom is 0.573 e. The average molecular weight is 437 g/mol. The van der Waals surface area contributed by atoms with Gasteiger partial charge in [-0.3, -0.25) is 4.79 Å². The molecule has 0 saturated heterocycles. The van der Waals surface area contributed by atoms with Crippen LogP contribution in [0.1, 0.15) is 39.1 Å². The Kier molecular flexibility index (Phi) is 5.84. The molecule has 0 saturated carbocycles. The van der Waals surface area contributed by atoms with E-state index in [1.807, 2.05) is 0 Å². The van der Waals surface area contributed by atoms with E-state index in [2.05, 4.69) is 9.72 Å². The first-order valence-electron chi connectivity index (χ1n) is 9.57. The van der Waals surface area contributed by atoms with Crippen LogP contribution in [0.2, 0.25) is 0 Å². The molecule has 0 amide bonds. The Morgan fingerprint density at radius 1 is 1.13 bits per heavy atom. The number of para-hydroxylation sites is 1. The Morgan fingerprint density at radius 3 is 2.42 bits per heavy atom. The van der Waals surface area contributed by atoms with Gasteiger partial charge >= 0.3 is 12.5 Å². The number of hydrogen-bond donors (Lipinski definition) is 0. The summed E-state index contributed by atoms with van der Waals surface area (Å²) in [5, 5.41) is 0. The van der Waals surface area contributed by atoms with Crippen molar-refractivity contribution in [2.24, 2.45) is 0 Å². The molecule has 3 aromatic rings. The van der Waals surface area contributed by atoms with E-state index in [4.69, 9.17) is 4.74 Å². The number of pyridine rings is 1. The molecule has 0 unspecified atom stereocenters. The minimum absolute atomic E-state index is 0.0273. The van der Waals surface area contributed by atoms with Crippen LogP contribution in [0.5, 0.6) is 5.75 Å². The Balaban J connectivity index is 2.04. The lowest BCUT2D eigenvalue weighted by molar-refractivity contribution is -0.274. The Hall–Kier alpha value is -3.30. The second-order valence-electron chi connectivity index (χ2n) is 7.84. The fourth-order valence-electron chi connectivity index (χ4n) is 3.07. The minimum Gasteiger partial charge on any atom is -0.443 e. The third-order valence-electron chi connectivity index (χ3n) is 4.29. The van der Waals surface area contributed by atoms with E-state index >= 15 is 0 Å². The van der Waals surface area contributed by atoms with Crippen LogP contribution in [-0.2, 0) is 17.7 Å². The molecule has 0 atom stereocenters. The predicted molar refractivity (Wildman–Crippen MR) is 107 cm³/mol. The molecule has 1 aromatic carbocycles. The van der Waals surface area contributed by atoms with Gasteiger partial charge in [0.15, 0.2) is 5.52 Å². The zero-order chi connectivity index (χ0) is 23.0. The number of ether oxygens (including phenoxy) is 2. The van der Waals surface area contributed by atoms with Crippen LogP contribution in [0.3, 0.4) is 0 Å². The molecular formula is C21H22F3N3O4. The zero-order valence-electron chi connectivity index (χ0n) is 17.5. The third-order valence-corrected chi connectivity index (χ3v) is 4.29. The van der Waals surface area contributed by atoms with Crippen molar-refractivity contribution in [2.75, 3.05) is 0 Å². The van der Waals surface area contributed by atoms with Crippen molar-refractivity contribution in [1.29, 1.82) is 0 Å². The summed E-state index contributed by atoms with van der Waals surface area (Å²) in [6.07, 6.45) is -3.74. The van der Waals surface area contributed by atoms with Gasteiger partial charge in [0, 0.05) is 18.2 Å². The van der Waals surface area contributed by atoms with Crippen molar-refractivity contribution in [3.63, 3.8) is 0 Å². The number of carbonyl (C=O) groups excluding carboxylic acids is 1. The zero-order valence-corrected chi connectivity index (χ0v) is 17.5. The van der Waals surface area contributed by atoms with Gasteiger partial charge in [-0.1, -0.05) is 25.1 Å². The van der Waals surface area contributed by atoms with E-state index in [9.17, 15) is 22.8 Å². The summed E-state index contributed by atoms with van der Waals surface area (Å²) in [6.45, 7) is 6.79. The normalized spacial score (nSPS) is 12.2. The first-order chi connectivity index (χ1) is 14.4. The molecule has 2 aromatic heterocycles. The van der Waals surface area contributed by atoms with E-state index in [1.165, 1.54) is 39.6 Å². The van der Waals surface area contributed by atoms with Crippen molar-refractivity contribution in [3.05, 3.63) is 58.3 Å². The number of carbonyl (C=O) groups is 1. The molecule has 10 heteroatoms. The van der Waals surface area contributed by atoms with Gasteiger partial charge in [0.1, 0.15) is 17.2 Å². The van der Waals surface area contributed by atoms with Crippen molar-refractivity contribution in [2.45, 2.75) is 52.6 Å². The number of alkyl halides is 3. The van der Waals surface area contributed by atoms with Crippen molar-refractivity contribution in [3.8, 4) is 5.75 Å². The highest BCUT2D eigenvalue weighted by molar-refractivity contribution is 5.87. The first kappa shape index (κ1) is 22.4. The summed E-state index contributed by atoms with van der Waals surface area (Å²) in [6, 6.07) is 7.09. The Morgan fingerprint density at radius 2 is 1.81 bits per heavy atom. The molecule has 0 fully saturated rings. The summed E-state index contributed by atoms with van der Waals surface area (Å²) >= 11 is 0. The van der Waals surface area contributed by atoms with Gasteiger partial charge in [0.05, 0.1) is 12.1 Å². The molecule has 0 aliphatic rings. The Bertz CT molecular complexity index is 1170. The predicted octanol–water partition coefficient (Wildman–Crippen LogP) is 4.49. The lowest BCUT2D eigenvalue weighted by atomic mass is 10.2. The number of rotatable bonds is 4. The Labute approximate surface area is 176 Å². The third kappa shape index (κ3) is 5.07. The molecule has 7 nitrogen and oxygen atoms in total. The van der Waals surface area contributed by atoms with E-state index in [0.29, 0.717) is 12.2 Å². The van der Waals surface area contributed by atoms with Crippen LogP contribution < -0.4 is 10.3 Å². The fraction of sp³-hybridized carbons (Fsp3) is 0.381. The van der Waals surface area contributed by atoms with Gasteiger partial charge in [-0.25, -0.2) is 14.3 Å². The van der Waals surface area contributed by atoms with E-state index in [0.717, 1.165) is 0 Å². The summed E-state index contributed by atoms with van der Waals surface area (Å²) in [5.41, 5.74) is -0.818. The second-order valence-corrected chi connectivity index (χ2v) is 7.84. The molecule has 0 radical (unpaired) electrons. The first-order valence-corrected chi connectivity index (χ1v) is 9.57. The van der Waals surface area contributed by atoms with E-state index < -0.39 is 29.4 Å². The molecule has 0 aliphatic heterocycles. The molecule has 0 bridgehead atoms. The number of halogens is 3. The molecule has 31 heavy (non-hydrogen) atoms. The van der Waals surface area contributed by atoms with Gasteiger partial charge in [0.25, 0.3) is 5.56 Å². The van der Waals surface area contributed by atoms with Gasteiger partial charge in [-0.2, -0.15) is 0 Å². The smallest absolute Gasteiger partial charge is 0.443 e. The molecule has 2 heterocycles. The average Bonchev–Trinajstić information content (AvgIpc) is 3.02. The molecule has 0 spiro atoms. The van der Waals surface area contributed by atoms with Crippen LogP contribution >= 0.6 is 0 Å². The summed E-state index contributed by atoms with van der Waals surface area (Å²) < 4.78 is 50.0. The van der Waals surface area contributed by atoms with Gasteiger partial charge in [-0.15, -0.1) is 13.2 Å². The molecule has 166 valence electrons. The summed E-state index contributed by atoms with van der Waals surface area (Å²) in [4.78, 5) is 29.9. The second kappa shape index (κ2) is 8.09. The van der Waals surface area contributed by atoms with Crippen LogP contribution in [0, 0.1) is 0 Å². The molecular weight excluding hydrogens is 415 g/mol. The lowest BCUT2D eigenvalue weighted by Gasteiger charge is -2.20. The fourth-order valence-corrected chi connectivity index (χ4v) is 3.07. The highest BCUT2D eigenvalue weighted by atomic mass is 19.4. The number of benzene rings is 1. The van der Waals surface area contributed by atoms with Crippen molar-refractivity contribution >= 4 is 17.1 Å². The number of hydrogen-bond acceptors (Lipinski definition) is 5. The van der Waals surface area contributed by atoms with Gasteiger partial charge < -0.3 is 14.0 Å². The monoisotopic (exact) mass is 437 g/mol. The maximum atomic E-state index is 13.0. The number of imidazole rings is 1. The topological polar surface area (TPSA) is 75.4 Å². The lowest BCUT2D eigenvalue weighted by Crippen LogP contribution is -2.28. The van der Waals surface area contributed by atoms with Gasteiger partial charge in [-0.05, 0) is 32.9 Å². The number of fused-ring (bicyclic) bond motifs is 1. The number of aryl methyl sites for hydroxylation is 1. The quantitative estimate of drug-likeness (QED) is 0.601. The molecule has 3 rings (SSSR count). The number of aromatic nitrogens is 3. The van der Waals surface area contributed by atoms with E-state index in [-0.39, 0.29) is 23.1 Å². The molecule has 0 aliphatic carbocycles. The van der Waals surface area contributed by atoms with Crippen molar-refractivity contribution in [1.82, 2.24) is 14.1 Å². The summed E-state index contributed by atoms with van der Waals surface area (Å²) in [5.74, 6) is -0.0459.